The molecule has 0 amide bonds. The third-order valence-corrected chi connectivity index (χ3v) is 3.15. The number of nitrogens with one attached hydrogen (secondary N) is 1. The van der Waals surface area contributed by atoms with E-state index in [1.807, 2.05) is 26.0 Å². The van der Waals surface area contributed by atoms with Crippen molar-refractivity contribution >= 4 is 5.95 Å². The predicted molar refractivity (Wildman–Crippen MR) is 76.1 cm³/mol. The third kappa shape index (κ3) is 3.51. The highest BCUT2D eigenvalue weighted by Gasteiger charge is 2.33. The van der Waals surface area contributed by atoms with Crippen LogP contribution >= 0.6 is 0 Å². The van der Waals surface area contributed by atoms with E-state index in [1.165, 1.54) is 0 Å². The zero-order valence-electron chi connectivity index (χ0n) is 12.0. The van der Waals surface area contributed by atoms with Gasteiger partial charge in [-0.1, -0.05) is 12.1 Å². The summed E-state index contributed by atoms with van der Waals surface area (Å²) >= 11 is 0. The van der Waals surface area contributed by atoms with Gasteiger partial charge < -0.3 is 5.32 Å². The van der Waals surface area contributed by atoms with E-state index in [4.69, 9.17) is 0 Å². The van der Waals surface area contributed by atoms with Gasteiger partial charge in [-0.2, -0.15) is 13.2 Å². The van der Waals surface area contributed by atoms with Gasteiger partial charge in [0.05, 0.1) is 5.69 Å². The van der Waals surface area contributed by atoms with E-state index in [0.717, 1.165) is 17.2 Å². The van der Waals surface area contributed by atoms with Crippen molar-refractivity contribution in [2.75, 3.05) is 11.9 Å². The fourth-order valence-corrected chi connectivity index (χ4v) is 1.88. The molecule has 0 spiro atoms. The van der Waals surface area contributed by atoms with Crippen molar-refractivity contribution < 1.29 is 13.2 Å². The minimum atomic E-state index is -4.50. The van der Waals surface area contributed by atoms with Crippen LogP contribution in [0.4, 0.5) is 19.1 Å². The Labute approximate surface area is 121 Å². The molecule has 0 fully saturated rings. The maximum Gasteiger partial charge on any atom is 0.433 e. The van der Waals surface area contributed by atoms with Gasteiger partial charge in [-0.25, -0.2) is 9.97 Å². The minimum absolute atomic E-state index is 0.0134. The van der Waals surface area contributed by atoms with Crippen LogP contribution < -0.4 is 5.32 Å². The van der Waals surface area contributed by atoms with Gasteiger partial charge in [-0.3, -0.25) is 0 Å². The Morgan fingerprint density at radius 1 is 1.05 bits per heavy atom. The molecule has 0 radical (unpaired) electrons. The molecule has 1 aromatic heterocycles. The lowest BCUT2D eigenvalue weighted by atomic mass is 10.0. The molecule has 0 unspecified atom stereocenters. The zero-order valence-corrected chi connectivity index (χ0v) is 12.0. The Kier molecular flexibility index (Phi) is 4.16. The Bertz CT molecular complexity index is 651. The molecule has 0 aliphatic carbocycles. The molecule has 21 heavy (non-hydrogen) atoms. The zero-order chi connectivity index (χ0) is 15.6. The first-order valence-electron chi connectivity index (χ1n) is 6.59. The van der Waals surface area contributed by atoms with Crippen molar-refractivity contribution in [1.29, 1.82) is 0 Å². The van der Waals surface area contributed by atoms with E-state index < -0.39 is 11.9 Å². The molecule has 3 nitrogen and oxygen atoms in total. The lowest BCUT2D eigenvalue weighted by Crippen LogP contribution is -2.12. The number of aromatic nitrogens is 2. The highest BCUT2D eigenvalue weighted by molar-refractivity contribution is 5.62. The second-order valence-corrected chi connectivity index (χ2v) is 4.79. The maximum absolute atomic E-state index is 12.9. The fourth-order valence-electron chi connectivity index (χ4n) is 1.88. The quantitative estimate of drug-likeness (QED) is 0.921. The Balaban J connectivity index is 2.56. The number of aryl methyl sites for hydroxylation is 2. The van der Waals surface area contributed by atoms with Crippen molar-refractivity contribution in [1.82, 2.24) is 9.97 Å². The second-order valence-electron chi connectivity index (χ2n) is 4.79. The van der Waals surface area contributed by atoms with E-state index in [0.29, 0.717) is 12.1 Å². The van der Waals surface area contributed by atoms with Gasteiger partial charge in [0.2, 0.25) is 5.95 Å². The van der Waals surface area contributed by atoms with E-state index in [9.17, 15) is 13.2 Å². The number of anilines is 1. The highest BCUT2D eigenvalue weighted by Crippen LogP contribution is 2.31. The lowest BCUT2D eigenvalue weighted by Gasteiger charge is -2.12. The predicted octanol–water partition coefficient (Wildman–Crippen LogP) is 4.21. The topological polar surface area (TPSA) is 37.8 Å². The van der Waals surface area contributed by atoms with Crippen LogP contribution in [0.5, 0.6) is 0 Å². The van der Waals surface area contributed by atoms with Gasteiger partial charge in [-0.05, 0) is 44.0 Å². The largest absolute Gasteiger partial charge is 0.433 e. The SMILES string of the molecule is CCNc1nc(-c2ccc(C)c(C)c2)cc(C(F)(F)F)n1. The molecular formula is C15H16F3N3. The number of alkyl halides is 3. The Morgan fingerprint density at radius 2 is 1.76 bits per heavy atom. The molecule has 112 valence electrons. The summed E-state index contributed by atoms with van der Waals surface area (Å²) in [6.45, 7) is 6.09. The summed E-state index contributed by atoms with van der Waals surface area (Å²) in [6.07, 6.45) is -4.50. The number of benzene rings is 1. The molecule has 1 heterocycles. The molecule has 6 heteroatoms. The molecule has 0 atom stereocenters. The number of halogens is 3. The Morgan fingerprint density at radius 3 is 2.33 bits per heavy atom. The summed E-state index contributed by atoms with van der Waals surface area (Å²) in [7, 11) is 0. The van der Waals surface area contributed by atoms with Crippen LogP contribution in [0.2, 0.25) is 0 Å². The molecule has 0 aliphatic heterocycles. The summed E-state index contributed by atoms with van der Waals surface area (Å²) in [5.41, 5.74) is 2.05. The van der Waals surface area contributed by atoms with Crippen molar-refractivity contribution in [3.8, 4) is 11.3 Å². The first-order chi connectivity index (χ1) is 9.81. The first-order valence-corrected chi connectivity index (χ1v) is 6.59. The molecule has 0 saturated heterocycles. The standard InChI is InChI=1S/C15H16F3N3/c1-4-19-14-20-12(8-13(21-14)15(16,17)18)11-6-5-9(2)10(3)7-11/h5-8H,4H2,1-3H3,(H,19,20,21). The number of hydrogen-bond donors (Lipinski definition) is 1. The molecule has 1 aromatic carbocycles. The maximum atomic E-state index is 12.9. The van der Waals surface area contributed by atoms with Crippen molar-refractivity contribution in [2.45, 2.75) is 26.9 Å². The van der Waals surface area contributed by atoms with Gasteiger partial charge in [-0.15, -0.1) is 0 Å². The normalized spacial score (nSPS) is 11.5. The molecule has 2 aromatic rings. The number of rotatable bonds is 3. The van der Waals surface area contributed by atoms with Crippen LogP contribution in [-0.2, 0) is 6.18 Å². The Hall–Kier alpha value is -2.11. The molecule has 2 rings (SSSR count). The van der Waals surface area contributed by atoms with Gasteiger partial charge in [0.15, 0.2) is 5.69 Å². The molecule has 1 N–H and O–H groups in total. The smallest absolute Gasteiger partial charge is 0.354 e. The van der Waals surface area contributed by atoms with Crippen molar-refractivity contribution in [3.63, 3.8) is 0 Å². The summed E-state index contributed by atoms with van der Waals surface area (Å²) < 4.78 is 38.8. The van der Waals surface area contributed by atoms with E-state index in [-0.39, 0.29) is 11.6 Å². The van der Waals surface area contributed by atoms with E-state index in [2.05, 4.69) is 15.3 Å². The summed E-state index contributed by atoms with van der Waals surface area (Å²) in [5, 5.41) is 2.73. The van der Waals surface area contributed by atoms with Crippen LogP contribution in [0.3, 0.4) is 0 Å². The molecule has 0 aliphatic rings. The van der Waals surface area contributed by atoms with Gasteiger partial charge in [0.25, 0.3) is 0 Å². The molecular weight excluding hydrogens is 279 g/mol. The van der Waals surface area contributed by atoms with Gasteiger partial charge in [0, 0.05) is 12.1 Å². The van der Waals surface area contributed by atoms with Crippen molar-refractivity contribution in [3.05, 3.63) is 41.1 Å². The van der Waals surface area contributed by atoms with Gasteiger partial charge in [0.1, 0.15) is 0 Å². The van der Waals surface area contributed by atoms with Crippen LogP contribution in [0.15, 0.2) is 24.3 Å². The average molecular weight is 295 g/mol. The van der Waals surface area contributed by atoms with E-state index in [1.54, 1.807) is 13.0 Å². The average Bonchev–Trinajstić information content (AvgIpc) is 2.41. The van der Waals surface area contributed by atoms with Gasteiger partial charge >= 0.3 is 6.18 Å². The van der Waals surface area contributed by atoms with Crippen LogP contribution in [-0.4, -0.2) is 16.5 Å². The number of nitrogens with zero attached hydrogens (tertiary/aromatic N) is 2. The second kappa shape index (κ2) is 5.71. The number of hydrogen-bond acceptors (Lipinski definition) is 3. The minimum Gasteiger partial charge on any atom is -0.354 e. The van der Waals surface area contributed by atoms with Crippen LogP contribution in [0.25, 0.3) is 11.3 Å². The third-order valence-electron chi connectivity index (χ3n) is 3.15. The fraction of sp³-hybridized carbons (Fsp3) is 0.333. The summed E-state index contributed by atoms with van der Waals surface area (Å²) in [6, 6.07) is 6.44. The lowest BCUT2D eigenvalue weighted by molar-refractivity contribution is -0.141. The van der Waals surface area contributed by atoms with Crippen LogP contribution in [0.1, 0.15) is 23.7 Å². The van der Waals surface area contributed by atoms with Crippen LogP contribution in [0, 0.1) is 13.8 Å². The summed E-state index contributed by atoms with van der Waals surface area (Å²) in [4.78, 5) is 7.67. The first kappa shape index (κ1) is 15.3. The highest BCUT2D eigenvalue weighted by atomic mass is 19.4. The monoisotopic (exact) mass is 295 g/mol. The van der Waals surface area contributed by atoms with Crippen molar-refractivity contribution in [2.24, 2.45) is 0 Å². The molecule has 0 saturated carbocycles. The molecule has 0 bridgehead atoms. The van der Waals surface area contributed by atoms with E-state index >= 15 is 0 Å². The summed E-state index contributed by atoms with van der Waals surface area (Å²) in [5.74, 6) is -0.0134.